The molecular formula is C18H17N3O5S. The number of aromatic amines is 1. The van der Waals surface area contributed by atoms with Crippen LogP contribution in [0.3, 0.4) is 0 Å². The van der Waals surface area contributed by atoms with Gasteiger partial charge in [-0.2, -0.15) is 0 Å². The van der Waals surface area contributed by atoms with Crippen LogP contribution in [0.1, 0.15) is 39.1 Å². The van der Waals surface area contributed by atoms with Crippen LogP contribution >= 0.6 is 11.3 Å². The number of H-pyrrole nitrogens is 1. The van der Waals surface area contributed by atoms with E-state index in [9.17, 15) is 19.5 Å². The van der Waals surface area contributed by atoms with Crippen LogP contribution in [0.2, 0.25) is 0 Å². The molecule has 1 atom stereocenters. The van der Waals surface area contributed by atoms with Crippen molar-refractivity contribution < 1.29 is 19.4 Å². The summed E-state index contributed by atoms with van der Waals surface area (Å²) in [6.45, 7) is 1.68. The van der Waals surface area contributed by atoms with Crippen molar-refractivity contribution in [1.82, 2.24) is 9.97 Å². The van der Waals surface area contributed by atoms with Gasteiger partial charge in [0.25, 0.3) is 5.56 Å². The average molecular weight is 387 g/mol. The number of hydrogen-bond acceptors (Lipinski definition) is 7. The molecular weight excluding hydrogens is 370 g/mol. The summed E-state index contributed by atoms with van der Waals surface area (Å²) in [4.78, 5) is 42.6. The van der Waals surface area contributed by atoms with Crippen LogP contribution in [0.25, 0.3) is 10.2 Å². The summed E-state index contributed by atoms with van der Waals surface area (Å²) in [6, 6.07) is 8.33. The molecule has 8 nitrogen and oxygen atoms in total. The molecule has 0 amide bonds. The van der Waals surface area contributed by atoms with Gasteiger partial charge in [-0.3, -0.25) is 9.59 Å². The molecule has 2 heterocycles. The fourth-order valence-corrected chi connectivity index (χ4v) is 3.64. The highest BCUT2D eigenvalue weighted by Crippen LogP contribution is 2.27. The molecule has 0 fully saturated rings. The van der Waals surface area contributed by atoms with Crippen molar-refractivity contribution in [3.8, 4) is 0 Å². The van der Waals surface area contributed by atoms with Gasteiger partial charge in [0.05, 0.1) is 17.8 Å². The number of hydrogen-bond donors (Lipinski definition) is 3. The summed E-state index contributed by atoms with van der Waals surface area (Å²) in [5, 5.41) is 9.41. The molecule has 3 aromatic rings. The predicted molar refractivity (Wildman–Crippen MR) is 99.7 cm³/mol. The third-order valence-electron chi connectivity index (χ3n) is 3.99. The molecule has 2 aromatic heterocycles. The van der Waals surface area contributed by atoms with Crippen LogP contribution < -0.4 is 11.3 Å². The lowest BCUT2D eigenvalue weighted by Crippen LogP contribution is -2.23. The van der Waals surface area contributed by atoms with Gasteiger partial charge in [-0.25, -0.2) is 9.78 Å². The lowest BCUT2D eigenvalue weighted by Gasteiger charge is -2.11. The first kappa shape index (κ1) is 18.7. The summed E-state index contributed by atoms with van der Waals surface area (Å²) >= 11 is 0.902. The van der Waals surface area contributed by atoms with Crippen molar-refractivity contribution in [3.05, 3.63) is 62.5 Å². The highest BCUT2D eigenvalue weighted by molar-refractivity contribution is 7.20. The molecule has 0 aliphatic carbocycles. The molecule has 0 bridgehead atoms. The van der Waals surface area contributed by atoms with Crippen molar-refractivity contribution in [2.45, 2.75) is 26.0 Å². The fourth-order valence-electron chi connectivity index (χ4n) is 2.61. The van der Waals surface area contributed by atoms with E-state index in [1.165, 1.54) is 0 Å². The smallest absolute Gasteiger partial charge is 0.346 e. The molecule has 27 heavy (non-hydrogen) atoms. The minimum absolute atomic E-state index is 0.0518. The van der Waals surface area contributed by atoms with Crippen LogP contribution in [-0.2, 0) is 16.1 Å². The van der Waals surface area contributed by atoms with Crippen molar-refractivity contribution in [1.29, 1.82) is 0 Å². The summed E-state index contributed by atoms with van der Waals surface area (Å²) in [5.74, 6) is -1.53. The fraction of sp³-hybridized carbons (Fsp3) is 0.222. The molecule has 0 radical (unpaired) electrons. The second-order valence-corrected chi connectivity index (χ2v) is 6.95. The molecule has 0 saturated heterocycles. The largest absolute Gasteiger partial charge is 0.477 e. The van der Waals surface area contributed by atoms with E-state index in [1.54, 1.807) is 6.92 Å². The van der Waals surface area contributed by atoms with Crippen LogP contribution in [0, 0.1) is 6.92 Å². The van der Waals surface area contributed by atoms with Crippen molar-refractivity contribution in [2.75, 3.05) is 0 Å². The van der Waals surface area contributed by atoms with Gasteiger partial charge in [-0.15, -0.1) is 11.3 Å². The number of nitrogens with one attached hydrogen (secondary N) is 1. The maximum absolute atomic E-state index is 12.3. The number of aromatic carboxylic acids is 1. The van der Waals surface area contributed by atoms with Gasteiger partial charge in [-0.1, -0.05) is 30.3 Å². The number of carbonyl (C=O) groups is 2. The average Bonchev–Trinajstić information content (AvgIpc) is 2.98. The number of carboxylic acids is 1. The zero-order valence-electron chi connectivity index (χ0n) is 14.4. The zero-order chi connectivity index (χ0) is 19.6. The van der Waals surface area contributed by atoms with E-state index in [2.05, 4.69) is 9.97 Å². The molecule has 4 N–H and O–H groups in total. The number of aromatic nitrogens is 2. The van der Waals surface area contributed by atoms with E-state index in [0.717, 1.165) is 16.9 Å². The normalized spacial score (nSPS) is 12.1. The minimum Gasteiger partial charge on any atom is -0.477 e. The Labute approximate surface area is 157 Å². The highest BCUT2D eigenvalue weighted by atomic mass is 32.1. The van der Waals surface area contributed by atoms with E-state index in [-0.39, 0.29) is 33.9 Å². The van der Waals surface area contributed by atoms with Gasteiger partial charge in [0.1, 0.15) is 22.1 Å². The summed E-state index contributed by atoms with van der Waals surface area (Å²) in [5.41, 5.74) is 6.71. The molecule has 0 aliphatic heterocycles. The number of carbonyl (C=O) groups excluding carboxylic acids is 1. The van der Waals surface area contributed by atoms with Gasteiger partial charge in [0.2, 0.25) is 0 Å². The summed E-state index contributed by atoms with van der Waals surface area (Å²) < 4.78 is 5.18. The third kappa shape index (κ3) is 4.04. The molecule has 0 saturated carbocycles. The number of thiophene rings is 1. The number of benzene rings is 1. The second kappa shape index (κ2) is 7.68. The number of fused-ring (bicyclic) bond motifs is 1. The molecule has 1 aromatic carbocycles. The Balaban J connectivity index is 1.75. The molecule has 1 unspecified atom stereocenters. The van der Waals surface area contributed by atoms with E-state index in [0.29, 0.717) is 5.56 Å². The molecule has 0 aliphatic rings. The topological polar surface area (TPSA) is 135 Å². The first-order valence-electron chi connectivity index (χ1n) is 8.08. The van der Waals surface area contributed by atoms with E-state index < -0.39 is 23.5 Å². The van der Waals surface area contributed by atoms with E-state index >= 15 is 0 Å². The number of ether oxygens (including phenoxy) is 1. The SMILES string of the molecule is Cc1c(C(=O)O)sc2nc(C(N)CC(=O)OCc3ccccc3)[nH]c(=O)c12. The first-order valence-corrected chi connectivity index (χ1v) is 8.90. The Morgan fingerprint density at radius 3 is 2.70 bits per heavy atom. The highest BCUT2D eigenvalue weighted by Gasteiger charge is 2.21. The van der Waals surface area contributed by atoms with Gasteiger partial charge in [-0.05, 0) is 18.1 Å². The number of nitrogens with zero attached hydrogens (tertiary/aromatic N) is 1. The van der Waals surface area contributed by atoms with Gasteiger partial charge in [0, 0.05) is 0 Å². The maximum Gasteiger partial charge on any atom is 0.346 e. The number of rotatable bonds is 6. The number of nitrogens with two attached hydrogens (primary N) is 1. The van der Waals surface area contributed by atoms with Gasteiger partial charge < -0.3 is 20.6 Å². The van der Waals surface area contributed by atoms with Crippen LogP contribution in [0.4, 0.5) is 0 Å². The Bertz CT molecular complexity index is 1060. The summed E-state index contributed by atoms with van der Waals surface area (Å²) in [7, 11) is 0. The molecule has 3 rings (SSSR count). The minimum atomic E-state index is -1.12. The molecule has 9 heteroatoms. The van der Waals surface area contributed by atoms with Gasteiger partial charge in [0.15, 0.2) is 0 Å². The van der Waals surface area contributed by atoms with Crippen molar-refractivity contribution >= 4 is 33.5 Å². The Morgan fingerprint density at radius 1 is 1.33 bits per heavy atom. The molecule has 140 valence electrons. The van der Waals surface area contributed by atoms with Crippen LogP contribution in [0.15, 0.2) is 35.1 Å². The Kier molecular flexibility index (Phi) is 5.33. The quantitative estimate of drug-likeness (QED) is 0.551. The van der Waals surface area contributed by atoms with Crippen molar-refractivity contribution in [2.24, 2.45) is 5.73 Å². The first-order chi connectivity index (χ1) is 12.9. The Hall–Kier alpha value is -3.04. The lowest BCUT2D eigenvalue weighted by atomic mass is 10.2. The predicted octanol–water partition coefficient (Wildman–Crippen LogP) is 2.12. The second-order valence-electron chi connectivity index (χ2n) is 5.95. The standard InChI is InChI=1S/C18H17N3O5S/c1-9-13-16(23)20-15(21-17(13)27-14(9)18(24)25)11(19)7-12(22)26-8-10-5-3-2-4-6-10/h2-6,11H,7-8,19H2,1H3,(H,24,25)(H,20,21,23). The number of esters is 1. The van der Waals surface area contributed by atoms with Gasteiger partial charge >= 0.3 is 11.9 Å². The zero-order valence-corrected chi connectivity index (χ0v) is 15.2. The van der Waals surface area contributed by atoms with Crippen molar-refractivity contribution in [3.63, 3.8) is 0 Å². The van der Waals surface area contributed by atoms with E-state index in [4.69, 9.17) is 10.5 Å². The third-order valence-corrected chi connectivity index (χ3v) is 5.17. The molecule has 0 spiro atoms. The monoisotopic (exact) mass is 387 g/mol. The number of carboxylic acid groups (broad SMARTS) is 1. The lowest BCUT2D eigenvalue weighted by molar-refractivity contribution is -0.145. The summed E-state index contributed by atoms with van der Waals surface area (Å²) in [6.07, 6.45) is -0.169. The maximum atomic E-state index is 12.3. The number of aryl methyl sites for hydroxylation is 1. The Morgan fingerprint density at radius 2 is 2.04 bits per heavy atom. The van der Waals surface area contributed by atoms with Crippen LogP contribution in [-0.4, -0.2) is 27.0 Å². The van der Waals surface area contributed by atoms with Crippen LogP contribution in [0.5, 0.6) is 0 Å². The van der Waals surface area contributed by atoms with E-state index in [1.807, 2.05) is 30.3 Å².